The van der Waals surface area contributed by atoms with E-state index in [-0.39, 0.29) is 42.2 Å². The molecule has 9 N–H and O–H groups in total. The van der Waals surface area contributed by atoms with Crippen LogP contribution in [-0.4, -0.2) is 99.2 Å². The van der Waals surface area contributed by atoms with Crippen LogP contribution in [0.3, 0.4) is 0 Å². The summed E-state index contributed by atoms with van der Waals surface area (Å²) in [4.78, 5) is 51.6. The van der Waals surface area contributed by atoms with Gasteiger partial charge in [-0.2, -0.15) is 0 Å². The summed E-state index contributed by atoms with van der Waals surface area (Å²) < 4.78 is 11.7. The first kappa shape index (κ1) is 50.4. The third-order valence-corrected chi connectivity index (χ3v) is 9.88. The number of carbonyl (C=O) groups is 4. The molecule has 1 saturated heterocycles. The predicted octanol–water partition coefficient (Wildman–Crippen LogP) is 4.43. The maximum Gasteiger partial charge on any atom is 0.335 e. The minimum atomic E-state index is -1.83. The van der Waals surface area contributed by atoms with Crippen molar-refractivity contribution in [3.8, 4) is 0 Å². The van der Waals surface area contributed by atoms with Crippen molar-refractivity contribution in [2.24, 2.45) is 34.2 Å². The number of hydrogen-bond acceptors (Lipinski definition) is 10. The molecule has 0 bridgehead atoms. The number of amides is 1. The summed E-state index contributed by atoms with van der Waals surface area (Å²) in [6, 6.07) is -1.06. The average molecular weight is 823 g/mol. The largest absolute Gasteiger partial charge is 0.479 e. The standard InChI is InChI=1S/C45H66N4O10/c1-29(20-14-11-12-19-27-48-45(46)47)21-15-13-16-22-30(2)28-33(5)40(58-44-39(54)37(52)38(53)41(59-44)43(56)57)31(3)23-17-9-7-6-8-10-18-24-32(4)42(55)49-36-34(50)25-26-35(36)51/h6-11,14-15,17-18,21,23-24,28-31,36-41,44,52-54H,12-13,16,19-20,22,25-27H2,1-5H3,(H,49,55)(H,56,57)(H4,46,47,48)/b8-6+,9-7+,14-11?,18-10?,21-15?,23-17+,32-24?,33-28?. The summed E-state index contributed by atoms with van der Waals surface area (Å²) >= 11 is 0. The number of ketones is 2. The van der Waals surface area contributed by atoms with Crippen LogP contribution in [0, 0.1) is 17.8 Å². The van der Waals surface area contributed by atoms with Gasteiger partial charge in [0.2, 0.25) is 5.91 Å². The van der Waals surface area contributed by atoms with Crippen molar-refractivity contribution in [1.29, 1.82) is 0 Å². The Morgan fingerprint density at radius 3 is 2.12 bits per heavy atom. The summed E-state index contributed by atoms with van der Waals surface area (Å²) in [5.41, 5.74) is 11.9. The second-order valence-corrected chi connectivity index (χ2v) is 15.3. The van der Waals surface area contributed by atoms with Crippen molar-refractivity contribution in [2.45, 2.75) is 129 Å². The third kappa shape index (κ3) is 18.8. The van der Waals surface area contributed by atoms with Gasteiger partial charge in [-0.25, -0.2) is 4.79 Å². The van der Waals surface area contributed by atoms with E-state index in [9.17, 15) is 39.6 Å². The van der Waals surface area contributed by atoms with Gasteiger partial charge in [-0.3, -0.25) is 19.4 Å². The quantitative estimate of drug-likeness (QED) is 0.0136. The molecule has 0 aromatic heterocycles. The lowest BCUT2D eigenvalue weighted by Crippen LogP contribution is -2.61. The number of allylic oxidation sites excluding steroid dienone is 13. The van der Waals surface area contributed by atoms with Crippen molar-refractivity contribution in [3.05, 3.63) is 96.2 Å². The molecule has 0 aromatic carbocycles. The smallest absolute Gasteiger partial charge is 0.335 e. The molecule has 0 spiro atoms. The number of aliphatic hydroxyl groups excluding tert-OH is 3. The molecule has 1 amide bonds. The molecule has 14 heteroatoms. The number of guanidine groups is 1. The molecule has 2 rings (SSSR count). The summed E-state index contributed by atoms with van der Waals surface area (Å²) in [5, 5.41) is 43.3. The number of rotatable bonds is 24. The lowest BCUT2D eigenvalue weighted by atomic mass is 9.92. The van der Waals surface area contributed by atoms with E-state index < -0.39 is 54.7 Å². The number of aliphatic hydroxyl groups is 3. The molecule has 0 aromatic rings. The van der Waals surface area contributed by atoms with E-state index in [0.717, 1.165) is 44.1 Å². The zero-order chi connectivity index (χ0) is 43.9. The van der Waals surface area contributed by atoms with E-state index in [4.69, 9.17) is 20.9 Å². The molecule has 326 valence electrons. The highest BCUT2D eigenvalue weighted by molar-refractivity contribution is 6.15. The lowest BCUT2D eigenvalue weighted by Gasteiger charge is -2.40. The molecule has 1 heterocycles. The molecule has 2 aliphatic rings. The Hall–Kier alpha value is -4.73. The van der Waals surface area contributed by atoms with Crippen molar-refractivity contribution in [3.63, 3.8) is 0 Å². The van der Waals surface area contributed by atoms with Crippen LogP contribution in [0.15, 0.2) is 101 Å². The lowest BCUT2D eigenvalue weighted by molar-refractivity contribution is -0.303. The third-order valence-electron chi connectivity index (χ3n) is 9.88. The minimum absolute atomic E-state index is 0.118. The highest BCUT2D eigenvalue weighted by atomic mass is 16.7. The second-order valence-electron chi connectivity index (χ2n) is 15.3. The molecule has 1 aliphatic carbocycles. The fourth-order valence-corrected chi connectivity index (χ4v) is 6.45. The van der Waals surface area contributed by atoms with Gasteiger partial charge < -0.3 is 46.7 Å². The number of aliphatic carboxylic acids is 1. The highest BCUT2D eigenvalue weighted by Crippen LogP contribution is 2.29. The Kier molecular flexibility index (Phi) is 23.2. The first-order valence-electron chi connectivity index (χ1n) is 20.4. The monoisotopic (exact) mass is 822 g/mol. The van der Waals surface area contributed by atoms with Gasteiger partial charge in [-0.15, -0.1) is 0 Å². The van der Waals surface area contributed by atoms with Gasteiger partial charge >= 0.3 is 5.97 Å². The van der Waals surface area contributed by atoms with Crippen molar-refractivity contribution in [1.82, 2.24) is 5.32 Å². The molecule has 9 unspecified atom stereocenters. The zero-order valence-corrected chi connectivity index (χ0v) is 35.1. The zero-order valence-electron chi connectivity index (χ0n) is 35.1. The Morgan fingerprint density at radius 1 is 0.847 bits per heavy atom. The van der Waals surface area contributed by atoms with Gasteiger partial charge in [0.05, 0.1) is 6.10 Å². The summed E-state index contributed by atoms with van der Waals surface area (Å²) in [6.45, 7) is 10.3. The number of nitrogens with zero attached hydrogens (tertiary/aromatic N) is 1. The highest BCUT2D eigenvalue weighted by Gasteiger charge is 2.48. The van der Waals surface area contributed by atoms with Crippen LogP contribution in [-0.2, 0) is 28.7 Å². The molecule has 9 atom stereocenters. The SMILES string of the molecule is CC(=CC=C/C=C/C=C/C=C/C(C)C(OC1OC(C(=O)O)C(O)C(O)C1O)C(C)=CC(C)CCCC=CC(C)CC=CCCCN=C(N)N)C(=O)NC1C(=O)CCC1=O. The number of unbranched alkanes of at least 4 members (excludes halogenated alkanes) is 2. The van der Waals surface area contributed by atoms with Crippen LogP contribution < -0.4 is 16.8 Å². The summed E-state index contributed by atoms with van der Waals surface area (Å²) in [6.07, 6.45) is 23.3. The maximum absolute atomic E-state index is 12.3. The van der Waals surface area contributed by atoms with Crippen LogP contribution in [0.1, 0.15) is 86.0 Å². The van der Waals surface area contributed by atoms with Crippen LogP contribution >= 0.6 is 0 Å². The van der Waals surface area contributed by atoms with E-state index in [1.807, 2.05) is 26.0 Å². The van der Waals surface area contributed by atoms with E-state index in [1.165, 1.54) is 0 Å². The van der Waals surface area contributed by atoms with E-state index >= 15 is 0 Å². The fourth-order valence-electron chi connectivity index (χ4n) is 6.45. The molecular formula is C45H66N4O10. The van der Waals surface area contributed by atoms with Crippen molar-refractivity contribution < 1.29 is 49.1 Å². The van der Waals surface area contributed by atoms with Crippen molar-refractivity contribution >= 4 is 29.4 Å². The first-order valence-corrected chi connectivity index (χ1v) is 20.4. The Bertz CT molecular complexity index is 1640. The number of carboxylic acid groups (broad SMARTS) is 1. The van der Waals surface area contributed by atoms with Gasteiger partial charge in [-0.1, -0.05) is 106 Å². The van der Waals surface area contributed by atoms with Crippen molar-refractivity contribution in [2.75, 3.05) is 6.54 Å². The second kappa shape index (κ2) is 27.1. The molecular weight excluding hydrogens is 757 g/mol. The first-order chi connectivity index (χ1) is 28.0. The number of hydrogen-bond donors (Lipinski definition) is 7. The molecule has 0 radical (unpaired) electrons. The van der Waals surface area contributed by atoms with Crippen LogP contribution in [0.25, 0.3) is 0 Å². The topological polar surface area (TPSA) is 244 Å². The van der Waals surface area contributed by atoms with Crippen LogP contribution in [0.5, 0.6) is 0 Å². The molecule has 1 saturated carbocycles. The number of Topliss-reactive ketones (excluding diaryl/α,β-unsaturated/α-hetero) is 2. The van der Waals surface area contributed by atoms with Crippen LogP contribution in [0.2, 0.25) is 0 Å². The Balaban J connectivity index is 2.01. The number of nitrogens with one attached hydrogen (secondary N) is 1. The maximum atomic E-state index is 12.3. The van der Waals surface area contributed by atoms with E-state index in [1.54, 1.807) is 49.5 Å². The van der Waals surface area contributed by atoms with Gasteiger partial charge in [-0.05, 0) is 69.8 Å². The average Bonchev–Trinajstić information content (AvgIpc) is 3.50. The fraction of sp³-hybridized carbons (Fsp3) is 0.533. The van der Waals surface area contributed by atoms with Crippen LogP contribution in [0.4, 0.5) is 0 Å². The molecule has 59 heavy (non-hydrogen) atoms. The molecule has 1 aliphatic heterocycles. The number of nitrogens with two attached hydrogens (primary N) is 2. The van der Waals surface area contributed by atoms with Gasteiger partial charge in [0, 0.05) is 30.9 Å². The minimum Gasteiger partial charge on any atom is -0.479 e. The van der Waals surface area contributed by atoms with Gasteiger partial charge in [0.25, 0.3) is 0 Å². The normalized spacial score (nSPS) is 24.6. The molecule has 14 nitrogen and oxygen atoms in total. The Labute approximate surface area is 348 Å². The summed E-state index contributed by atoms with van der Waals surface area (Å²) in [7, 11) is 0. The number of aliphatic imine (C=N–C) groups is 1. The molecule has 2 fully saturated rings. The number of carboxylic acids is 1. The Morgan fingerprint density at radius 2 is 1.47 bits per heavy atom. The summed E-state index contributed by atoms with van der Waals surface area (Å²) in [5.74, 6) is -2.09. The van der Waals surface area contributed by atoms with Gasteiger partial charge in [0.1, 0.15) is 24.4 Å². The van der Waals surface area contributed by atoms with E-state index in [2.05, 4.69) is 54.5 Å². The van der Waals surface area contributed by atoms with Gasteiger partial charge in [0.15, 0.2) is 29.9 Å². The number of ether oxygens (including phenoxy) is 2. The predicted molar refractivity (Wildman–Crippen MR) is 229 cm³/mol. The van der Waals surface area contributed by atoms with E-state index in [0.29, 0.717) is 18.0 Å². The number of carbonyl (C=O) groups excluding carboxylic acids is 3.